The lowest BCUT2D eigenvalue weighted by molar-refractivity contribution is -0.113. The number of aromatic nitrogens is 2. The number of nitrogens with zero attached hydrogens (tertiary/aromatic N) is 3. The Kier molecular flexibility index (Phi) is 7.45. The van der Waals surface area contributed by atoms with E-state index >= 15 is 0 Å². The number of ether oxygens (including phenoxy) is 1. The number of morpholine rings is 1. The lowest BCUT2D eigenvalue weighted by atomic mass is 10.2. The molecule has 1 N–H and O–H groups in total. The summed E-state index contributed by atoms with van der Waals surface area (Å²) >= 11 is 2.95. The van der Waals surface area contributed by atoms with Crippen LogP contribution < -0.4 is 10.2 Å². The number of benzene rings is 2. The molecular formula is C23H24N4O2S2. The van der Waals surface area contributed by atoms with Crippen molar-refractivity contribution in [2.75, 3.05) is 42.3 Å². The number of thioether (sulfide) groups is 1. The summed E-state index contributed by atoms with van der Waals surface area (Å²) in [5.41, 5.74) is 3.13. The van der Waals surface area contributed by atoms with E-state index in [2.05, 4.69) is 39.2 Å². The molecule has 0 spiro atoms. The fraction of sp³-hybridized carbons (Fsp3) is 0.261. The molecule has 8 heteroatoms. The normalized spacial score (nSPS) is 13.8. The van der Waals surface area contributed by atoms with Crippen molar-refractivity contribution in [2.45, 2.75) is 21.9 Å². The number of amides is 1. The fourth-order valence-corrected chi connectivity index (χ4v) is 5.00. The Labute approximate surface area is 190 Å². The zero-order chi connectivity index (χ0) is 21.5. The minimum atomic E-state index is -0.0683. The Morgan fingerprint density at radius 2 is 1.81 bits per heavy atom. The molecule has 2 heterocycles. The molecule has 3 aromatic rings. The average molecular weight is 453 g/mol. The molecule has 1 aliphatic rings. The molecule has 0 unspecified atom stereocenters. The molecule has 1 saturated heterocycles. The zero-order valence-corrected chi connectivity index (χ0v) is 18.9. The molecule has 0 aliphatic carbocycles. The van der Waals surface area contributed by atoms with Gasteiger partial charge in [-0.05, 0) is 43.3 Å². The molecule has 4 rings (SSSR count). The smallest absolute Gasteiger partial charge is 0.234 e. The lowest BCUT2D eigenvalue weighted by Crippen LogP contribution is -2.36. The largest absolute Gasteiger partial charge is 0.378 e. The maximum absolute atomic E-state index is 12.5. The van der Waals surface area contributed by atoms with Crippen molar-refractivity contribution >= 4 is 40.8 Å². The van der Waals surface area contributed by atoms with Gasteiger partial charge in [0, 0.05) is 41.8 Å². The van der Waals surface area contributed by atoms with E-state index in [1.54, 1.807) is 24.2 Å². The second kappa shape index (κ2) is 10.7. The predicted molar refractivity (Wildman–Crippen MR) is 126 cm³/mol. The van der Waals surface area contributed by atoms with Gasteiger partial charge in [0.1, 0.15) is 10.1 Å². The van der Waals surface area contributed by atoms with Crippen molar-refractivity contribution < 1.29 is 9.53 Å². The Bertz CT molecular complexity index is 1020. The molecule has 0 radical (unpaired) electrons. The van der Waals surface area contributed by atoms with Gasteiger partial charge < -0.3 is 15.0 Å². The van der Waals surface area contributed by atoms with E-state index in [1.165, 1.54) is 17.3 Å². The van der Waals surface area contributed by atoms with Crippen molar-refractivity contribution in [3.8, 4) is 0 Å². The summed E-state index contributed by atoms with van der Waals surface area (Å²) in [4.78, 5) is 24.7. The summed E-state index contributed by atoms with van der Waals surface area (Å²) in [6.45, 7) is 5.35. The maximum atomic E-state index is 12.5. The van der Waals surface area contributed by atoms with Crippen LogP contribution in [-0.4, -0.2) is 47.9 Å². The van der Waals surface area contributed by atoms with Crippen LogP contribution in [0.1, 0.15) is 5.56 Å². The van der Waals surface area contributed by atoms with E-state index in [-0.39, 0.29) is 11.7 Å². The Balaban J connectivity index is 1.33. The highest BCUT2D eigenvalue weighted by molar-refractivity contribution is 8.02. The Hall–Kier alpha value is -2.55. The van der Waals surface area contributed by atoms with Crippen molar-refractivity contribution in [2.24, 2.45) is 0 Å². The zero-order valence-electron chi connectivity index (χ0n) is 17.3. The van der Waals surface area contributed by atoms with Gasteiger partial charge in [0.25, 0.3) is 0 Å². The van der Waals surface area contributed by atoms with Crippen molar-refractivity contribution in [1.29, 1.82) is 0 Å². The predicted octanol–water partition coefficient (Wildman–Crippen LogP) is 4.50. The van der Waals surface area contributed by atoms with E-state index in [0.29, 0.717) is 0 Å². The number of nitrogens with one attached hydrogen (secondary N) is 1. The van der Waals surface area contributed by atoms with Crippen LogP contribution in [0.2, 0.25) is 0 Å². The van der Waals surface area contributed by atoms with Crippen molar-refractivity contribution in [1.82, 2.24) is 9.97 Å². The van der Waals surface area contributed by atoms with Gasteiger partial charge >= 0.3 is 0 Å². The second-order valence-electron chi connectivity index (χ2n) is 7.07. The minimum Gasteiger partial charge on any atom is -0.378 e. The van der Waals surface area contributed by atoms with Crippen LogP contribution in [0.25, 0.3) is 0 Å². The van der Waals surface area contributed by atoms with Crippen LogP contribution in [0.3, 0.4) is 0 Å². The number of anilines is 2. The van der Waals surface area contributed by atoms with Gasteiger partial charge in [-0.2, -0.15) is 0 Å². The van der Waals surface area contributed by atoms with Crippen LogP contribution in [-0.2, 0) is 9.53 Å². The van der Waals surface area contributed by atoms with Crippen LogP contribution in [0.15, 0.2) is 75.9 Å². The summed E-state index contributed by atoms with van der Waals surface area (Å²) in [5.74, 6) is 0.201. The third-order valence-corrected chi connectivity index (χ3v) is 6.79. The van der Waals surface area contributed by atoms with Gasteiger partial charge in [-0.25, -0.2) is 9.97 Å². The van der Waals surface area contributed by atoms with E-state index < -0.39 is 0 Å². The highest BCUT2D eigenvalue weighted by Gasteiger charge is 2.13. The number of carbonyl (C=O) groups excluding carboxylic acids is 1. The third kappa shape index (κ3) is 6.22. The van der Waals surface area contributed by atoms with Crippen LogP contribution in [0.4, 0.5) is 11.4 Å². The van der Waals surface area contributed by atoms with Gasteiger partial charge in [0.2, 0.25) is 5.91 Å². The van der Waals surface area contributed by atoms with Crippen LogP contribution in [0, 0.1) is 6.92 Å². The fourth-order valence-electron chi connectivity index (χ4n) is 3.18. The molecular weight excluding hydrogens is 428 g/mol. The average Bonchev–Trinajstić information content (AvgIpc) is 2.80. The molecule has 1 amide bonds. The first-order valence-corrected chi connectivity index (χ1v) is 11.9. The summed E-state index contributed by atoms with van der Waals surface area (Å²) in [5, 5.41) is 4.52. The lowest BCUT2D eigenvalue weighted by Gasteiger charge is -2.28. The second-order valence-corrected chi connectivity index (χ2v) is 9.09. The maximum Gasteiger partial charge on any atom is 0.234 e. The molecule has 0 atom stereocenters. The first-order chi connectivity index (χ1) is 15.2. The topological polar surface area (TPSA) is 67.4 Å². The van der Waals surface area contributed by atoms with E-state index in [1.807, 2.05) is 36.4 Å². The molecule has 1 aliphatic heterocycles. The van der Waals surface area contributed by atoms with Crippen molar-refractivity contribution in [3.63, 3.8) is 0 Å². The molecule has 1 aromatic heterocycles. The first-order valence-electron chi connectivity index (χ1n) is 10.1. The van der Waals surface area contributed by atoms with Crippen LogP contribution >= 0.6 is 23.5 Å². The molecule has 2 aromatic carbocycles. The number of carbonyl (C=O) groups is 1. The van der Waals surface area contributed by atoms with Gasteiger partial charge in [0.05, 0.1) is 19.0 Å². The Morgan fingerprint density at radius 3 is 2.55 bits per heavy atom. The molecule has 6 nitrogen and oxygen atoms in total. The molecule has 160 valence electrons. The standard InChI is InChI=1S/C23H24N4O2S2/c1-17-3-2-4-20(15-17)31-23-22(24-9-10-25-23)30-16-21(28)26-18-5-7-19(8-6-18)27-11-13-29-14-12-27/h2-10,15H,11-14,16H2,1H3,(H,26,28). The Morgan fingerprint density at radius 1 is 1.06 bits per heavy atom. The highest BCUT2D eigenvalue weighted by Crippen LogP contribution is 2.32. The molecule has 0 bridgehead atoms. The number of rotatable bonds is 7. The summed E-state index contributed by atoms with van der Waals surface area (Å²) < 4.78 is 5.40. The highest BCUT2D eigenvalue weighted by atomic mass is 32.2. The molecule has 0 saturated carbocycles. The number of hydrogen-bond donors (Lipinski definition) is 1. The summed E-state index contributed by atoms with van der Waals surface area (Å²) in [6, 6.07) is 16.2. The summed E-state index contributed by atoms with van der Waals surface area (Å²) in [7, 11) is 0. The van der Waals surface area contributed by atoms with Gasteiger partial charge in [-0.3, -0.25) is 4.79 Å². The summed E-state index contributed by atoms with van der Waals surface area (Å²) in [6.07, 6.45) is 3.34. The number of aryl methyl sites for hydroxylation is 1. The SMILES string of the molecule is Cc1cccc(Sc2nccnc2SCC(=O)Nc2ccc(N3CCOCC3)cc2)c1. The van der Waals surface area contributed by atoms with Crippen LogP contribution in [0.5, 0.6) is 0 Å². The number of hydrogen-bond acceptors (Lipinski definition) is 7. The van der Waals surface area contributed by atoms with Gasteiger partial charge in [-0.1, -0.05) is 41.2 Å². The molecule has 31 heavy (non-hydrogen) atoms. The molecule has 1 fully saturated rings. The van der Waals surface area contributed by atoms with Crippen molar-refractivity contribution in [3.05, 3.63) is 66.5 Å². The quantitative estimate of drug-likeness (QED) is 0.529. The monoisotopic (exact) mass is 452 g/mol. The van der Waals surface area contributed by atoms with Gasteiger partial charge in [-0.15, -0.1) is 0 Å². The van der Waals surface area contributed by atoms with E-state index in [4.69, 9.17) is 4.74 Å². The van der Waals surface area contributed by atoms with E-state index in [9.17, 15) is 4.79 Å². The first kappa shape index (κ1) is 21.7. The third-order valence-electron chi connectivity index (χ3n) is 4.70. The van der Waals surface area contributed by atoms with E-state index in [0.717, 1.165) is 52.6 Å². The minimum absolute atomic E-state index is 0.0683. The van der Waals surface area contributed by atoms with Gasteiger partial charge in [0.15, 0.2) is 0 Å².